The minimum absolute atomic E-state index is 0.110. The average molecular weight is 338 g/mol. The molecule has 0 saturated heterocycles. The van der Waals surface area contributed by atoms with Crippen molar-refractivity contribution in [1.82, 2.24) is 19.6 Å². The van der Waals surface area contributed by atoms with Gasteiger partial charge in [0.15, 0.2) is 5.69 Å². The van der Waals surface area contributed by atoms with Crippen LogP contribution in [0.1, 0.15) is 16.3 Å². The van der Waals surface area contributed by atoms with Gasteiger partial charge in [0.05, 0.1) is 12.8 Å². The van der Waals surface area contributed by atoms with E-state index >= 15 is 0 Å². The summed E-state index contributed by atoms with van der Waals surface area (Å²) >= 11 is 0. The first-order valence-corrected chi connectivity index (χ1v) is 6.53. The molecule has 0 saturated carbocycles. The van der Waals surface area contributed by atoms with Crippen LogP contribution in [0.4, 0.5) is 13.2 Å². The molecule has 0 atom stereocenters. The Labute approximate surface area is 132 Å². The highest BCUT2D eigenvalue weighted by molar-refractivity contribution is 5.88. The summed E-state index contributed by atoms with van der Waals surface area (Å²) in [6, 6.07) is 7.69. The Morgan fingerprint density at radius 3 is 2.58 bits per heavy atom. The van der Waals surface area contributed by atoms with Gasteiger partial charge >= 0.3 is 12.1 Å². The lowest BCUT2D eigenvalue weighted by Crippen LogP contribution is -2.10. The second-order valence-corrected chi connectivity index (χ2v) is 4.68. The van der Waals surface area contributed by atoms with Crippen LogP contribution in [-0.2, 0) is 6.18 Å². The third-order valence-electron chi connectivity index (χ3n) is 3.17. The molecule has 3 aromatic rings. The zero-order chi connectivity index (χ0) is 17.5. The third kappa shape index (κ3) is 2.62. The molecule has 0 unspecified atom stereocenters. The molecule has 0 spiro atoms. The normalized spacial score (nSPS) is 11.7. The molecule has 2 aromatic heterocycles. The Balaban J connectivity index is 2.29. The van der Waals surface area contributed by atoms with Crippen molar-refractivity contribution in [3.63, 3.8) is 0 Å². The molecule has 3 rings (SSSR count). The molecular formula is C14H9F3N4O3. The maximum absolute atomic E-state index is 12.8. The van der Waals surface area contributed by atoms with Crippen LogP contribution >= 0.6 is 0 Å². The van der Waals surface area contributed by atoms with E-state index in [-0.39, 0.29) is 5.69 Å². The minimum Gasteiger partial charge on any atom is -0.496 e. The van der Waals surface area contributed by atoms with Crippen molar-refractivity contribution in [2.75, 3.05) is 7.11 Å². The summed E-state index contributed by atoms with van der Waals surface area (Å²) in [5.41, 5.74) is 0.0314. The van der Waals surface area contributed by atoms with Gasteiger partial charge in [-0.05, 0) is 18.2 Å². The summed E-state index contributed by atoms with van der Waals surface area (Å²) in [5, 5.41) is 12.5. The third-order valence-corrected chi connectivity index (χ3v) is 3.17. The topological polar surface area (TPSA) is 89.6 Å². The number of alkyl halides is 3. The fourth-order valence-corrected chi connectivity index (χ4v) is 2.14. The Morgan fingerprint density at radius 1 is 1.25 bits per heavy atom. The number of nitrogens with zero attached hydrogens (tertiary/aromatic N) is 4. The lowest BCUT2D eigenvalue weighted by atomic mass is 10.1. The van der Waals surface area contributed by atoms with Gasteiger partial charge in [-0.3, -0.25) is 0 Å². The van der Waals surface area contributed by atoms with E-state index in [0.717, 1.165) is 6.07 Å². The van der Waals surface area contributed by atoms with Crippen molar-refractivity contribution in [1.29, 1.82) is 0 Å². The Morgan fingerprint density at radius 2 is 1.96 bits per heavy atom. The minimum atomic E-state index is -4.81. The lowest BCUT2D eigenvalue weighted by molar-refractivity contribution is -0.144. The predicted octanol–water partition coefficient (Wildman–Crippen LogP) is 2.52. The van der Waals surface area contributed by atoms with Gasteiger partial charge < -0.3 is 9.84 Å². The van der Waals surface area contributed by atoms with E-state index in [1.165, 1.54) is 7.11 Å². The zero-order valence-electron chi connectivity index (χ0n) is 12.1. The van der Waals surface area contributed by atoms with Crippen LogP contribution in [0.5, 0.6) is 5.75 Å². The van der Waals surface area contributed by atoms with Gasteiger partial charge in [-0.1, -0.05) is 12.1 Å². The van der Waals surface area contributed by atoms with Crippen LogP contribution < -0.4 is 4.74 Å². The molecule has 2 heterocycles. The molecule has 0 aliphatic heterocycles. The molecule has 0 aliphatic carbocycles. The van der Waals surface area contributed by atoms with Gasteiger partial charge in [-0.15, -0.1) is 5.10 Å². The molecule has 10 heteroatoms. The van der Waals surface area contributed by atoms with Crippen LogP contribution in [0.3, 0.4) is 0 Å². The number of para-hydroxylation sites is 1. The van der Waals surface area contributed by atoms with Gasteiger partial charge in [0.1, 0.15) is 5.75 Å². The number of hydrogen-bond donors (Lipinski definition) is 1. The first-order valence-electron chi connectivity index (χ1n) is 6.53. The summed E-state index contributed by atoms with van der Waals surface area (Å²) in [6.07, 6.45) is -4.81. The van der Waals surface area contributed by atoms with Crippen LogP contribution in [0, 0.1) is 0 Å². The number of rotatable bonds is 3. The first kappa shape index (κ1) is 15.7. The largest absolute Gasteiger partial charge is 0.496 e. The van der Waals surface area contributed by atoms with Gasteiger partial charge in [-0.2, -0.15) is 22.7 Å². The fourth-order valence-electron chi connectivity index (χ4n) is 2.14. The molecular weight excluding hydrogens is 329 g/mol. The van der Waals surface area contributed by atoms with Crippen LogP contribution in [0.15, 0.2) is 30.3 Å². The summed E-state index contributed by atoms with van der Waals surface area (Å²) in [5.74, 6) is -3.00. The van der Waals surface area contributed by atoms with E-state index < -0.39 is 29.4 Å². The van der Waals surface area contributed by atoms with E-state index in [4.69, 9.17) is 4.74 Å². The molecule has 0 bridgehead atoms. The van der Waals surface area contributed by atoms with Crippen molar-refractivity contribution >= 4 is 11.7 Å². The highest BCUT2D eigenvalue weighted by Crippen LogP contribution is 2.30. The number of methoxy groups -OCH3 is 1. The lowest BCUT2D eigenvalue weighted by Gasteiger charge is -2.08. The number of benzene rings is 1. The standard InChI is InChI=1S/C14H9F3N4O3/c1-24-10-5-3-2-4-7(10)8-6-9(11(22)23)21-13(18-8)19-12(20-21)14(15,16)17/h2-6H,1H3,(H,22,23). The maximum atomic E-state index is 12.8. The highest BCUT2D eigenvalue weighted by atomic mass is 19.4. The number of halogens is 3. The molecule has 1 N–H and O–H groups in total. The van der Waals surface area contributed by atoms with Gasteiger partial charge in [0.25, 0.3) is 11.6 Å². The van der Waals surface area contributed by atoms with Gasteiger partial charge in [0, 0.05) is 5.56 Å². The fraction of sp³-hybridized carbons (Fsp3) is 0.143. The average Bonchev–Trinajstić information content (AvgIpc) is 2.98. The summed E-state index contributed by atoms with van der Waals surface area (Å²) < 4.78 is 44.0. The molecule has 0 amide bonds. The van der Waals surface area contributed by atoms with Crippen molar-refractivity contribution in [2.24, 2.45) is 0 Å². The van der Waals surface area contributed by atoms with E-state index in [0.29, 0.717) is 15.8 Å². The van der Waals surface area contributed by atoms with E-state index in [9.17, 15) is 23.1 Å². The second kappa shape index (κ2) is 5.48. The monoisotopic (exact) mass is 338 g/mol. The van der Waals surface area contributed by atoms with Crippen LogP contribution in [0.2, 0.25) is 0 Å². The van der Waals surface area contributed by atoms with E-state index in [1.54, 1.807) is 24.3 Å². The predicted molar refractivity (Wildman–Crippen MR) is 74.7 cm³/mol. The number of carboxylic acids is 1. The Kier molecular flexibility index (Phi) is 3.59. The number of aromatic nitrogens is 4. The van der Waals surface area contributed by atoms with Gasteiger partial charge in [0.2, 0.25) is 0 Å². The first-order chi connectivity index (χ1) is 11.3. The molecule has 0 fully saturated rings. The Hall–Kier alpha value is -3.17. The number of carbonyl (C=O) groups is 1. The quantitative estimate of drug-likeness (QED) is 0.789. The molecule has 0 radical (unpaired) electrons. The summed E-state index contributed by atoms with van der Waals surface area (Å²) in [6.45, 7) is 0. The van der Waals surface area contributed by atoms with Crippen molar-refractivity contribution in [2.45, 2.75) is 6.18 Å². The zero-order valence-corrected chi connectivity index (χ0v) is 12.1. The second-order valence-electron chi connectivity index (χ2n) is 4.68. The summed E-state index contributed by atoms with van der Waals surface area (Å²) in [4.78, 5) is 18.6. The van der Waals surface area contributed by atoms with Crippen LogP contribution in [0.25, 0.3) is 17.0 Å². The van der Waals surface area contributed by atoms with Gasteiger partial charge in [-0.25, -0.2) is 9.78 Å². The summed E-state index contributed by atoms with van der Waals surface area (Å²) in [7, 11) is 1.41. The highest BCUT2D eigenvalue weighted by Gasteiger charge is 2.37. The molecule has 0 aliphatic rings. The van der Waals surface area contributed by atoms with E-state index in [1.807, 2.05) is 0 Å². The number of fused-ring (bicyclic) bond motifs is 1. The van der Waals surface area contributed by atoms with Crippen LogP contribution in [-0.4, -0.2) is 37.8 Å². The maximum Gasteiger partial charge on any atom is 0.453 e. The smallest absolute Gasteiger partial charge is 0.453 e. The molecule has 7 nitrogen and oxygen atoms in total. The SMILES string of the molecule is COc1ccccc1-c1cc(C(=O)O)n2nc(C(F)(F)F)nc2n1. The number of hydrogen-bond acceptors (Lipinski definition) is 5. The number of aromatic carboxylic acids is 1. The molecule has 1 aromatic carbocycles. The molecule has 124 valence electrons. The number of ether oxygens (including phenoxy) is 1. The number of carboxylic acid groups (broad SMARTS) is 1. The van der Waals surface area contributed by atoms with Crippen molar-refractivity contribution in [3.8, 4) is 17.0 Å². The van der Waals surface area contributed by atoms with E-state index in [2.05, 4.69) is 15.1 Å². The Bertz CT molecular complexity index is 937. The molecule has 24 heavy (non-hydrogen) atoms. The van der Waals surface area contributed by atoms with Crippen molar-refractivity contribution < 1.29 is 27.8 Å². The van der Waals surface area contributed by atoms with Crippen molar-refractivity contribution in [3.05, 3.63) is 41.9 Å².